The summed E-state index contributed by atoms with van der Waals surface area (Å²) in [7, 11) is 1.89. The number of halogens is 1. The number of rotatable bonds is 5. The third-order valence-corrected chi connectivity index (χ3v) is 2.63. The second-order valence-corrected chi connectivity index (χ2v) is 4.70. The third-order valence-electron chi connectivity index (χ3n) is 2.63. The Labute approximate surface area is 111 Å². The Hall–Kier alpha value is -1.72. The summed E-state index contributed by atoms with van der Waals surface area (Å²) in [6, 6.07) is 6.13. The molecular weight excluding hydrogens is 247 g/mol. The van der Waals surface area contributed by atoms with Gasteiger partial charge in [-0.2, -0.15) is 0 Å². The van der Waals surface area contributed by atoms with Gasteiger partial charge in [0.25, 0.3) is 0 Å². The van der Waals surface area contributed by atoms with Gasteiger partial charge < -0.3 is 9.52 Å². The molecular formula is C14H17FN2O2. The predicted molar refractivity (Wildman–Crippen MR) is 69.9 cm³/mol. The molecule has 2 aromatic rings. The van der Waals surface area contributed by atoms with Crippen LogP contribution >= 0.6 is 0 Å². The van der Waals surface area contributed by atoms with E-state index in [1.54, 1.807) is 25.3 Å². The molecule has 0 amide bonds. The van der Waals surface area contributed by atoms with E-state index >= 15 is 0 Å². The fraction of sp³-hybridized carbons (Fsp3) is 0.357. The molecule has 0 aliphatic carbocycles. The molecule has 1 aromatic carbocycles. The zero-order valence-corrected chi connectivity index (χ0v) is 11.0. The van der Waals surface area contributed by atoms with Crippen molar-refractivity contribution in [1.82, 2.24) is 9.88 Å². The van der Waals surface area contributed by atoms with Gasteiger partial charge in [0.2, 0.25) is 5.89 Å². The van der Waals surface area contributed by atoms with Crippen LogP contribution in [0.2, 0.25) is 0 Å². The SMILES string of the molecule is CC(O)CN(C)Cc1coc(-c2cccc(F)c2)n1. The summed E-state index contributed by atoms with van der Waals surface area (Å²) in [5.74, 6) is 0.0865. The van der Waals surface area contributed by atoms with Crippen LogP contribution in [0.15, 0.2) is 34.9 Å². The number of aliphatic hydroxyl groups excluding tert-OH is 1. The van der Waals surface area contributed by atoms with Crippen molar-refractivity contribution in [3.63, 3.8) is 0 Å². The molecule has 4 nitrogen and oxygen atoms in total. The highest BCUT2D eigenvalue weighted by atomic mass is 19.1. The van der Waals surface area contributed by atoms with Crippen molar-refractivity contribution in [1.29, 1.82) is 0 Å². The van der Waals surface area contributed by atoms with Gasteiger partial charge in [0.05, 0.1) is 11.8 Å². The van der Waals surface area contributed by atoms with Gasteiger partial charge in [0.15, 0.2) is 0 Å². The number of oxazole rings is 1. The molecule has 0 aliphatic heterocycles. The Kier molecular flexibility index (Phi) is 4.29. The lowest BCUT2D eigenvalue weighted by molar-refractivity contribution is 0.137. The molecule has 0 aliphatic rings. The minimum absolute atomic E-state index is 0.316. The van der Waals surface area contributed by atoms with Gasteiger partial charge in [-0.05, 0) is 32.2 Å². The Morgan fingerprint density at radius 3 is 2.95 bits per heavy atom. The van der Waals surface area contributed by atoms with Gasteiger partial charge in [0, 0.05) is 18.7 Å². The van der Waals surface area contributed by atoms with Crippen LogP contribution < -0.4 is 0 Å². The summed E-state index contributed by atoms with van der Waals surface area (Å²) in [5.41, 5.74) is 1.37. The minimum Gasteiger partial charge on any atom is -0.444 e. The lowest BCUT2D eigenvalue weighted by Crippen LogP contribution is -2.26. The average molecular weight is 264 g/mol. The molecule has 1 unspecified atom stereocenters. The van der Waals surface area contributed by atoms with Gasteiger partial charge in [-0.1, -0.05) is 6.07 Å². The van der Waals surface area contributed by atoms with Crippen LogP contribution in [0, 0.1) is 5.82 Å². The van der Waals surface area contributed by atoms with Crippen LogP contribution in [0.25, 0.3) is 11.5 Å². The number of hydrogen-bond donors (Lipinski definition) is 1. The van der Waals surface area contributed by atoms with Crippen LogP contribution in [0.3, 0.4) is 0 Å². The molecule has 19 heavy (non-hydrogen) atoms. The van der Waals surface area contributed by atoms with Crippen LogP contribution in [-0.2, 0) is 6.54 Å². The second-order valence-electron chi connectivity index (χ2n) is 4.70. The number of likely N-dealkylation sites (N-methyl/N-ethyl adjacent to an activating group) is 1. The van der Waals surface area contributed by atoms with E-state index in [0.29, 0.717) is 24.5 Å². The van der Waals surface area contributed by atoms with Crippen LogP contribution in [0.4, 0.5) is 4.39 Å². The van der Waals surface area contributed by atoms with Gasteiger partial charge in [-0.25, -0.2) is 9.37 Å². The fourth-order valence-electron chi connectivity index (χ4n) is 1.93. The Balaban J connectivity index is 2.07. The van der Waals surface area contributed by atoms with Crippen molar-refractivity contribution >= 4 is 0 Å². The first-order valence-electron chi connectivity index (χ1n) is 6.11. The fourth-order valence-corrected chi connectivity index (χ4v) is 1.93. The topological polar surface area (TPSA) is 49.5 Å². The van der Waals surface area contributed by atoms with E-state index in [-0.39, 0.29) is 11.9 Å². The van der Waals surface area contributed by atoms with Crippen molar-refractivity contribution in [2.45, 2.75) is 19.6 Å². The monoisotopic (exact) mass is 264 g/mol. The summed E-state index contributed by atoms with van der Waals surface area (Å²) < 4.78 is 18.5. The summed E-state index contributed by atoms with van der Waals surface area (Å²) in [5, 5.41) is 9.29. The molecule has 1 aromatic heterocycles. The standard InChI is InChI=1S/C14H17FN2O2/c1-10(18)7-17(2)8-13-9-19-14(16-13)11-4-3-5-12(15)6-11/h3-6,9-10,18H,7-8H2,1-2H3. The molecule has 0 radical (unpaired) electrons. The molecule has 1 heterocycles. The van der Waals surface area contributed by atoms with Crippen molar-refractivity contribution in [3.05, 3.63) is 42.0 Å². The van der Waals surface area contributed by atoms with Crippen LogP contribution in [0.1, 0.15) is 12.6 Å². The van der Waals surface area contributed by atoms with E-state index < -0.39 is 0 Å². The van der Waals surface area contributed by atoms with E-state index in [1.165, 1.54) is 12.1 Å². The number of aromatic nitrogens is 1. The number of benzene rings is 1. The first kappa shape index (κ1) is 13.7. The first-order valence-corrected chi connectivity index (χ1v) is 6.11. The van der Waals surface area contributed by atoms with E-state index in [0.717, 1.165) is 5.69 Å². The molecule has 1 atom stereocenters. The molecule has 0 bridgehead atoms. The highest BCUT2D eigenvalue weighted by molar-refractivity contribution is 5.52. The average Bonchev–Trinajstić information content (AvgIpc) is 2.76. The summed E-state index contributed by atoms with van der Waals surface area (Å²) in [4.78, 5) is 6.25. The first-order chi connectivity index (χ1) is 9.04. The number of nitrogens with zero attached hydrogens (tertiary/aromatic N) is 2. The maximum absolute atomic E-state index is 13.1. The number of hydrogen-bond acceptors (Lipinski definition) is 4. The van der Waals surface area contributed by atoms with E-state index in [9.17, 15) is 9.50 Å². The quantitative estimate of drug-likeness (QED) is 0.900. The van der Waals surface area contributed by atoms with Crippen molar-refractivity contribution in [3.8, 4) is 11.5 Å². The highest BCUT2D eigenvalue weighted by Gasteiger charge is 2.10. The zero-order valence-electron chi connectivity index (χ0n) is 11.0. The molecule has 0 spiro atoms. The van der Waals surface area contributed by atoms with Crippen molar-refractivity contribution < 1.29 is 13.9 Å². The Bertz CT molecular complexity index is 540. The molecule has 0 fully saturated rings. The summed E-state index contributed by atoms with van der Waals surface area (Å²) >= 11 is 0. The normalized spacial score (nSPS) is 12.9. The van der Waals surface area contributed by atoms with Crippen molar-refractivity contribution in [2.75, 3.05) is 13.6 Å². The van der Waals surface area contributed by atoms with Gasteiger partial charge in [-0.15, -0.1) is 0 Å². The predicted octanol–water partition coefficient (Wildman–Crippen LogP) is 2.29. The summed E-state index contributed by atoms with van der Waals surface area (Å²) in [6.45, 7) is 2.86. The van der Waals surface area contributed by atoms with E-state index in [1.807, 2.05) is 11.9 Å². The maximum Gasteiger partial charge on any atom is 0.226 e. The van der Waals surface area contributed by atoms with Crippen LogP contribution in [-0.4, -0.2) is 34.7 Å². The molecule has 2 rings (SSSR count). The molecule has 0 saturated heterocycles. The van der Waals surface area contributed by atoms with Crippen LogP contribution in [0.5, 0.6) is 0 Å². The molecule has 0 saturated carbocycles. The third kappa shape index (κ3) is 3.87. The second kappa shape index (κ2) is 5.95. The lowest BCUT2D eigenvalue weighted by Gasteiger charge is -2.16. The van der Waals surface area contributed by atoms with Gasteiger partial charge >= 0.3 is 0 Å². The smallest absolute Gasteiger partial charge is 0.226 e. The van der Waals surface area contributed by atoms with E-state index in [4.69, 9.17) is 4.42 Å². The maximum atomic E-state index is 13.1. The Morgan fingerprint density at radius 2 is 2.26 bits per heavy atom. The lowest BCUT2D eigenvalue weighted by atomic mass is 10.2. The minimum atomic E-state index is -0.389. The van der Waals surface area contributed by atoms with E-state index in [2.05, 4.69) is 4.98 Å². The zero-order chi connectivity index (χ0) is 13.8. The molecule has 5 heteroatoms. The molecule has 102 valence electrons. The molecule has 1 N–H and O–H groups in total. The van der Waals surface area contributed by atoms with Gasteiger partial charge in [-0.3, -0.25) is 4.90 Å². The number of aliphatic hydroxyl groups is 1. The largest absolute Gasteiger partial charge is 0.444 e. The summed E-state index contributed by atoms with van der Waals surface area (Å²) in [6.07, 6.45) is 1.17. The van der Waals surface area contributed by atoms with Gasteiger partial charge in [0.1, 0.15) is 12.1 Å². The van der Waals surface area contributed by atoms with Crippen molar-refractivity contribution in [2.24, 2.45) is 0 Å². The Morgan fingerprint density at radius 1 is 1.47 bits per heavy atom. The highest BCUT2D eigenvalue weighted by Crippen LogP contribution is 2.19.